The Kier molecular flexibility index (Phi) is 4.80. The lowest BCUT2D eigenvalue weighted by molar-refractivity contribution is 0.200. The van der Waals surface area contributed by atoms with E-state index in [1.165, 1.54) is 10.5 Å². The molecule has 0 fully saturated rings. The minimum Gasteiger partial charge on any atom is -0.392 e. The maximum Gasteiger partial charge on any atom is 0.0954 e. The van der Waals surface area contributed by atoms with Crippen molar-refractivity contribution in [1.29, 1.82) is 0 Å². The molecule has 0 aliphatic carbocycles. The Bertz CT molecular complexity index is 510. The van der Waals surface area contributed by atoms with Crippen LogP contribution >= 0.6 is 23.1 Å². The van der Waals surface area contributed by atoms with Crippen LogP contribution in [0.15, 0.2) is 34.5 Å². The topological polar surface area (TPSA) is 33.1 Å². The molecular formula is C14H17NOS2. The second-order valence-electron chi connectivity index (χ2n) is 4.37. The third-order valence-electron chi connectivity index (χ3n) is 2.51. The molecular weight excluding hydrogens is 262 g/mol. The van der Waals surface area contributed by atoms with Gasteiger partial charge in [0.2, 0.25) is 0 Å². The highest BCUT2D eigenvalue weighted by Crippen LogP contribution is 2.21. The first-order chi connectivity index (χ1) is 8.63. The fourth-order valence-electron chi connectivity index (χ4n) is 1.65. The lowest BCUT2D eigenvalue weighted by atomic mass is 10.2. The molecule has 0 spiro atoms. The largest absolute Gasteiger partial charge is 0.392 e. The summed E-state index contributed by atoms with van der Waals surface area (Å²) in [6.45, 7) is 4.06. The average molecular weight is 279 g/mol. The number of aromatic nitrogens is 1. The first kappa shape index (κ1) is 13.6. The van der Waals surface area contributed by atoms with Crippen molar-refractivity contribution in [2.24, 2.45) is 0 Å². The fourth-order valence-corrected chi connectivity index (χ4v) is 3.45. The molecule has 0 radical (unpaired) electrons. The number of thiazole rings is 1. The number of aliphatic hydroxyl groups is 1. The fraction of sp³-hybridized carbons (Fsp3) is 0.357. The molecule has 18 heavy (non-hydrogen) atoms. The quantitative estimate of drug-likeness (QED) is 0.851. The van der Waals surface area contributed by atoms with E-state index >= 15 is 0 Å². The number of hydrogen-bond donors (Lipinski definition) is 1. The van der Waals surface area contributed by atoms with Gasteiger partial charge in [-0.3, -0.25) is 0 Å². The lowest BCUT2D eigenvalue weighted by Gasteiger charge is -2.08. The lowest BCUT2D eigenvalue weighted by Crippen LogP contribution is -2.13. The van der Waals surface area contributed by atoms with Gasteiger partial charge in [0, 0.05) is 28.1 Å². The van der Waals surface area contributed by atoms with Crippen molar-refractivity contribution in [1.82, 2.24) is 4.98 Å². The number of thioether (sulfide) groups is 1. The Hall–Kier alpha value is -0.840. The molecule has 1 heterocycles. The minimum atomic E-state index is -0.332. The van der Waals surface area contributed by atoms with Crippen molar-refractivity contribution in [3.63, 3.8) is 0 Å². The smallest absolute Gasteiger partial charge is 0.0954 e. The van der Waals surface area contributed by atoms with Crippen molar-refractivity contribution >= 4 is 23.1 Å². The average Bonchev–Trinajstić information content (AvgIpc) is 2.72. The van der Waals surface area contributed by atoms with Crippen LogP contribution < -0.4 is 0 Å². The summed E-state index contributed by atoms with van der Waals surface area (Å²) in [6, 6.07) is 8.36. The highest BCUT2D eigenvalue weighted by molar-refractivity contribution is 7.99. The third-order valence-corrected chi connectivity index (χ3v) is 4.64. The summed E-state index contributed by atoms with van der Waals surface area (Å²) in [6.07, 6.45) is 0.318. The van der Waals surface area contributed by atoms with E-state index in [4.69, 9.17) is 0 Å². The van der Waals surface area contributed by atoms with E-state index in [2.05, 4.69) is 30.1 Å². The molecule has 2 aromatic rings. The van der Waals surface area contributed by atoms with E-state index in [0.717, 1.165) is 10.7 Å². The van der Waals surface area contributed by atoms with Gasteiger partial charge in [0.1, 0.15) is 0 Å². The summed E-state index contributed by atoms with van der Waals surface area (Å²) in [5.41, 5.74) is 2.29. The first-order valence-electron chi connectivity index (χ1n) is 5.92. The molecule has 0 bridgehead atoms. The van der Waals surface area contributed by atoms with Crippen molar-refractivity contribution < 1.29 is 5.11 Å². The molecule has 0 saturated heterocycles. The Morgan fingerprint density at radius 1 is 1.39 bits per heavy atom. The summed E-state index contributed by atoms with van der Waals surface area (Å²) in [5, 5.41) is 13.0. The van der Waals surface area contributed by atoms with Crippen molar-refractivity contribution in [3.05, 3.63) is 45.9 Å². The van der Waals surface area contributed by atoms with Gasteiger partial charge < -0.3 is 5.11 Å². The van der Waals surface area contributed by atoms with Crippen LogP contribution in [0.3, 0.4) is 0 Å². The van der Waals surface area contributed by atoms with Gasteiger partial charge in [-0.2, -0.15) is 0 Å². The molecule has 96 valence electrons. The molecule has 0 saturated carbocycles. The van der Waals surface area contributed by atoms with E-state index in [-0.39, 0.29) is 6.10 Å². The van der Waals surface area contributed by atoms with Crippen molar-refractivity contribution in [2.45, 2.75) is 31.3 Å². The molecule has 0 aliphatic heterocycles. The number of benzene rings is 1. The zero-order valence-electron chi connectivity index (χ0n) is 10.6. The molecule has 2 nitrogen and oxygen atoms in total. The number of nitrogens with zero attached hydrogens (tertiary/aromatic N) is 1. The standard InChI is InChI=1S/C14H17NOS2/c1-10-4-3-5-13(6-10)17-9-12(16)7-14-15-11(2)8-18-14/h3-6,8,12,16H,7,9H2,1-2H3. The number of hydrogen-bond acceptors (Lipinski definition) is 4. The van der Waals surface area contributed by atoms with Crippen LogP contribution in [-0.4, -0.2) is 21.9 Å². The molecule has 1 unspecified atom stereocenters. The summed E-state index contributed by atoms with van der Waals surface area (Å²) in [4.78, 5) is 5.58. The van der Waals surface area contributed by atoms with E-state index in [1.54, 1.807) is 23.1 Å². The minimum absolute atomic E-state index is 0.332. The predicted octanol–water partition coefficient (Wildman–Crippen LogP) is 3.46. The normalized spacial score (nSPS) is 12.6. The van der Waals surface area contributed by atoms with Crippen molar-refractivity contribution in [2.75, 3.05) is 5.75 Å². The summed E-state index contributed by atoms with van der Waals surface area (Å²) >= 11 is 3.32. The van der Waals surface area contributed by atoms with E-state index < -0.39 is 0 Å². The zero-order chi connectivity index (χ0) is 13.0. The SMILES string of the molecule is Cc1cccc(SCC(O)Cc2nc(C)cs2)c1. The molecule has 1 N–H and O–H groups in total. The highest BCUT2D eigenvalue weighted by atomic mass is 32.2. The second-order valence-corrected chi connectivity index (χ2v) is 6.40. The number of aryl methyl sites for hydroxylation is 2. The first-order valence-corrected chi connectivity index (χ1v) is 7.78. The Labute approximate surface area is 116 Å². The maximum atomic E-state index is 9.99. The summed E-state index contributed by atoms with van der Waals surface area (Å²) < 4.78 is 0. The molecule has 1 aromatic carbocycles. The van der Waals surface area contributed by atoms with E-state index in [0.29, 0.717) is 12.2 Å². The van der Waals surface area contributed by atoms with Crippen LogP contribution in [0.1, 0.15) is 16.3 Å². The van der Waals surface area contributed by atoms with Gasteiger partial charge in [-0.15, -0.1) is 23.1 Å². The van der Waals surface area contributed by atoms with Gasteiger partial charge in [-0.1, -0.05) is 17.7 Å². The van der Waals surface area contributed by atoms with Crippen LogP contribution in [0, 0.1) is 13.8 Å². The second kappa shape index (κ2) is 6.36. The maximum absolute atomic E-state index is 9.99. The molecule has 4 heteroatoms. The molecule has 0 amide bonds. The van der Waals surface area contributed by atoms with Gasteiger partial charge in [-0.05, 0) is 26.0 Å². The highest BCUT2D eigenvalue weighted by Gasteiger charge is 2.09. The van der Waals surface area contributed by atoms with E-state index in [9.17, 15) is 5.11 Å². The number of rotatable bonds is 5. The van der Waals surface area contributed by atoms with Gasteiger partial charge in [0.05, 0.1) is 11.1 Å². The molecule has 0 aliphatic rings. The van der Waals surface area contributed by atoms with Gasteiger partial charge in [-0.25, -0.2) is 4.98 Å². The number of aliphatic hydroxyl groups excluding tert-OH is 1. The molecule has 2 rings (SSSR count). The van der Waals surface area contributed by atoms with Crippen LogP contribution in [0.5, 0.6) is 0 Å². The van der Waals surface area contributed by atoms with Crippen LogP contribution in [0.4, 0.5) is 0 Å². The monoisotopic (exact) mass is 279 g/mol. The van der Waals surface area contributed by atoms with Crippen LogP contribution in [-0.2, 0) is 6.42 Å². The van der Waals surface area contributed by atoms with Gasteiger partial charge in [0.25, 0.3) is 0 Å². The summed E-state index contributed by atoms with van der Waals surface area (Å²) in [5.74, 6) is 0.710. The van der Waals surface area contributed by atoms with Gasteiger partial charge in [0.15, 0.2) is 0 Å². The third kappa shape index (κ3) is 4.12. The molecule has 1 aromatic heterocycles. The summed E-state index contributed by atoms with van der Waals surface area (Å²) in [7, 11) is 0. The van der Waals surface area contributed by atoms with Crippen molar-refractivity contribution in [3.8, 4) is 0 Å². The Morgan fingerprint density at radius 2 is 2.22 bits per heavy atom. The van der Waals surface area contributed by atoms with E-state index in [1.807, 2.05) is 18.4 Å². The van der Waals surface area contributed by atoms with Crippen LogP contribution in [0.2, 0.25) is 0 Å². The zero-order valence-corrected chi connectivity index (χ0v) is 12.2. The van der Waals surface area contributed by atoms with Crippen LogP contribution in [0.25, 0.3) is 0 Å². The van der Waals surface area contributed by atoms with Gasteiger partial charge >= 0.3 is 0 Å². The Balaban J connectivity index is 1.83. The molecule has 1 atom stereocenters. The Morgan fingerprint density at radius 3 is 2.89 bits per heavy atom. The predicted molar refractivity (Wildman–Crippen MR) is 78.5 cm³/mol.